The van der Waals surface area contributed by atoms with Crippen molar-refractivity contribution in [2.75, 3.05) is 4.90 Å². The molecule has 0 bridgehead atoms. The Labute approximate surface area is 191 Å². The number of para-hydroxylation sites is 1. The molecular weight excluding hydrogens is 483 g/mol. The number of ether oxygens (including phenoxy) is 1. The van der Waals surface area contributed by atoms with Crippen molar-refractivity contribution < 1.29 is 18.7 Å². The number of carbonyl (C=O) groups is 2. The number of carbonyl (C=O) groups excluding carboxylic acids is 2. The summed E-state index contributed by atoms with van der Waals surface area (Å²) >= 11 is 8.45. The monoisotopic (exact) mass is 496 g/mol. The highest BCUT2D eigenvalue weighted by molar-refractivity contribution is 9.10. The zero-order chi connectivity index (χ0) is 22.0. The highest BCUT2D eigenvalue weighted by atomic mass is 79.9. The highest BCUT2D eigenvalue weighted by Gasteiger charge is 2.34. The molecule has 1 heterocycles. The van der Waals surface area contributed by atoms with Crippen molar-refractivity contribution in [1.29, 1.82) is 0 Å². The Morgan fingerprint density at radius 2 is 1.65 bits per heavy atom. The first kappa shape index (κ1) is 20.9. The van der Waals surface area contributed by atoms with E-state index < -0.39 is 17.6 Å². The number of benzene rings is 3. The minimum Gasteiger partial charge on any atom is -0.457 e. The molecule has 1 N–H and O–H groups in total. The summed E-state index contributed by atoms with van der Waals surface area (Å²) in [5, 5.41) is 2.42. The van der Waals surface area contributed by atoms with Gasteiger partial charge in [0.25, 0.3) is 11.8 Å². The second kappa shape index (κ2) is 8.79. The Bertz CT molecular complexity index is 1210. The van der Waals surface area contributed by atoms with Crippen LogP contribution in [-0.2, 0) is 9.59 Å². The Morgan fingerprint density at radius 3 is 2.35 bits per heavy atom. The molecule has 154 valence electrons. The smallest absolute Gasteiger partial charge is 0.270 e. The van der Waals surface area contributed by atoms with Crippen molar-refractivity contribution in [3.8, 4) is 11.5 Å². The van der Waals surface area contributed by atoms with E-state index >= 15 is 0 Å². The van der Waals surface area contributed by atoms with E-state index in [1.807, 2.05) is 30.3 Å². The van der Waals surface area contributed by atoms with Crippen LogP contribution in [-0.4, -0.2) is 16.9 Å². The van der Waals surface area contributed by atoms with Gasteiger partial charge >= 0.3 is 0 Å². The Balaban J connectivity index is 1.62. The summed E-state index contributed by atoms with van der Waals surface area (Å²) in [5.41, 5.74) is 0.318. The average molecular weight is 497 g/mol. The van der Waals surface area contributed by atoms with Crippen molar-refractivity contribution in [3.63, 3.8) is 0 Å². The summed E-state index contributed by atoms with van der Waals surface area (Å²) in [6.07, 6.45) is 1.21. The number of rotatable bonds is 4. The third kappa shape index (κ3) is 4.55. The zero-order valence-corrected chi connectivity index (χ0v) is 18.2. The Morgan fingerprint density at radius 1 is 0.968 bits per heavy atom. The van der Waals surface area contributed by atoms with Gasteiger partial charge in [-0.1, -0.05) is 34.1 Å². The molecule has 1 aliphatic rings. The molecule has 1 saturated heterocycles. The number of thiocarbonyl (C=S) groups is 1. The third-order valence-electron chi connectivity index (χ3n) is 4.43. The quantitative estimate of drug-likeness (QED) is 0.306. The van der Waals surface area contributed by atoms with Crippen LogP contribution in [0.25, 0.3) is 6.08 Å². The molecule has 0 atom stereocenters. The molecule has 1 aliphatic heterocycles. The molecule has 5 nitrogen and oxygen atoms in total. The van der Waals surface area contributed by atoms with Gasteiger partial charge < -0.3 is 4.74 Å². The molecular formula is C23H14BrFN2O3S. The second-order valence-corrected chi connectivity index (χ2v) is 7.84. The second-order valence-electron chi connectivity index (χ2n) is 6.53. The fourth-order valence-electron chi connectivity index (χ4n) is 2.96. The van der Waals surface area contributed by atoms with Gasteiger partial charge in [0.2, 0.25) is 0 Å². The van der Waals surface area contributed by atoms with Crippen LogP contribution in [0.4, 0.5) is 10.1 Å². The van der Waals surface area contributed by atoms with Gasteiger partial charge in [0.05, 0.1) is 5.69 Å². The lowest BCUT2D eigenvalue weighted by Crippen LogP contribution is -2.54. The first-order valence-corrected chi connectivity index (χ1v) is 10.3. The number of nitrogens with one attached hydrogen (secondary N) is 1. The summed E-state index contributed by atoms with van der Waals surface area (Å²) in [4.78, 5) is 26.6. The molecule has 3 aromatic rings. The summed E-state index contributed by atoms with van der Waals surface area (Å²) in [7, 11) is 0. The van der Waals surface area contributed by atoms with Crippen LogP contribution < -0.4 is 15.0 Å². The first-order chi connectivity index (χ1) is 14.9. The predicted molar refractivity (Wildman–Crippen MR) is 123 cm³/mol. The molecule has 0 spiro atoms. The van der Waals surface area contributed by atoms with Gasteiger partial charge in [-0.25, -0.2) is 4.39 Å². The molecule has 1 fully saturated rings. The standard InChI is InChI=1S/C23H14BrFN2O3S/c24-15-6-11-20(25)14(12-15)13-19-21(28)26-23(31)27(22(19)29)16-7-9-18(10-8-16)30-17-4-2-1-3-5-17/h1-13H,(H,26,28,31). The van der Waals surface area contributed by atoms with E-state index in [2.05, 4.69) is 21.2 Å². The summed E-state index contributed by atoms with van der Waals surface area (Å²) in [6, 6.07) is 20.2. The lowest BCUT2D eigenvalue weighted by Gasteiger charge is -2.29. The molecule has 2 amide bonds. The van der Waals surface area contributed by atoms with E-state index in [9.17, 15) is 14.0 Å². The van der Waals surface area contributed by atoms with Crippen molar-refractivity contribution >= 4 is 56.8 Å². The van der Waals surface area contributed by atoms with Gasteiger partial charge in [-0.15, -0.1) is 0 Å². The van der Waals surface area contributed by atoms with E-state index in [1.54, 1.807) is 24.3 Å². The largest absolute Gasteiger partial charge is 0.457 e. The molecule has 0 unspecified atom stereocenters. The van der Waals surface area contributed by atoms with Gasteiger partial charge in [-0.05, 0) is 72.9 Å². The third-order valence-corrected chi connectivity index (χ3v) is 5.21. The zero-order valence-electron chi connectivity index (χ0n) is 15.8. The number of amides is 2. The first-order valence-electron chi connectivity index (χ1n) is 9.12. The number of nitrogens with zero attached hydrogens (tertiary/aromatic N) is 1. The maximum absolute atomic E-state index is 14.1. The summed E-state index contributed by atoms with van der Waals surface area (Å²) < 4.78 is 20.5. The van der Waals surface area contributed by atoms with Crippen LogP contribution in [0.2, 0.25) is 0 Å². The van der Waals surface area contributed by atoms with Gasteiger partial charge in [-0.2, -0.15) is 0 Å². The molecule has 0 aliphatic carbocycles. The van der Waals surface area contributed by atoms with E-state index in [-0.39, 0.29) is 16.2 Å². The Hall–Kier alpha value is -3.36. The van der Waals surface area contributed by atoms with Crippen LogP contribution >= 0.6 is 28.1 Å². The molecule has 0 radical (unpaired) electrons. The molecule has 0 saturated carbocycles. The van der Waals surface area contributed by atoms with Gasteiger partial charge in [-0.3, -0.25) is 19.8 Å². The van der Waals surface area contributed by atoms with Gasteiger partial charge in [0, 0.05) is 10.0 Å². The van der Waals surface area contributed by atoms with Crippen LogP contribution in [0.5, 0.6) is 11.5 Å². The van der Waals surface area contributed by atoms with Crippen molar-refractivity contribution in [2.45, 2.75) is 0 Å². The number of hydrogen-bond donors (Lipinski definition) is 1. The SMILES string of the molecule is O=C1NC(=S)N(c2ccc(Oc3ccccc3)cc2)C(=O)C1=Cc1cc(Br)ccc1F. The van der Waals surface area contributed by atoms with E-state index in [4.69, 9.17) is 17.0 Å². The van der Waals surface area contributed by atoms with E-state index in [0.717, 1.165) is 0 Å². The van der Waals surface area contributed by atoms with Crippen LogP contribution in [0.1, 0.15) is 5.56 Å². The normalized spacial score (nSPS) is 15.2. The van der Waals surface area contributed by atoms with Crippen LogP contribution in [0.3, 0.4) is 0 Å². The lowest BCUT2D eigenvalue weighted by atomic mass is 10.1. The molecule has 0 aromatic heterocycles. The van der Waals surface area contributed by atoms with Gasteiger partial charge in [0.15, 0.2) is 5.11 Å². The van der Waals surface area contributed by atoms with Crippen molar-refractivity contribution in [3.05, 3.63) is 94.2 Å². The van der Waals surface area contributed by atoms with Gasteiger partial charge in [0.1, 0.15) is 22.9 Å². The fraction of sp³-hybridized carbons (Fsp3) is 0. The average Bonchev–Trinajstić information content (AvgIpc) is 2.75. The summed E-state index contributed by atoms with van der Waals surface area (Å²) in [6.45, 7) is 0. The van der Waals surface area contributed by atoms with Crippen LogP contribution in [0.15, 0.2) is 82.8 Å². The lowest BCUT2D eigenvalue weighted by molar-refractivity contribution is -0.122. The fourth-order valence-corrected chi connectivity index (χ4v) is 3.62. The molecule has 4 rings (SSSR count). The minimum absolute atomic E-state index is 0.0569. The molecule has 8 heteroatoms. The number of halogens is 2. The number of hydrogen-bond acceptors (Lipinski definition) is 4. The van der Waals surface area contributed by atoms with E-state index in [0.29, 0.717) is 21.7 Å². The predicted octanol–water partition coefficient (Wildman–Crippen LogP) is 5.21. The highest BCUT2D eigenvalue weighted by Crippen LogP contribution is 2.27. The van der Waals surface area contributed by atoms with Crippen molar-refractivity contribution in [1.82, 2.24) is 5.32 Å². The number of anilines is 1. The maximum atomic E-state index is 14.1. The topological polar surface area (TPSA) is 58.6 Å². The maximum Gasteiger partial charge on any atom is 0.270 e. The molecule has 3 aromatic carbocycles. The summed E-state index contributed by atoms with van der Waals surface area (Å²) in [5.74, 6) is -0.646. The molecule has 31 heavy (non-hydrogen) atoms. The Kier molecular flexibility index (Phi) is 5.92. The van der Waals surface area contributed by atoms with Crippen LogP contribution in [0, 0.1) is 5.82 Å². The van der Waals surface area contributed by atoms with Crippen molar-refractivity contribution in [2.24, 2.45) is 0 Å². The van der Waals surface area contributed by atoms with E-state index in [1.165, 1.54) is 29.2 Å². The minimum atomic E-state index is -0.686.